The normalized spacial score (nSPS) is 17.6. The molecule has 1 N–H and O–H groups in total. The van der Waals surface area contributed by atoms with Gasteiger partial charge in [0.2, 0.25) is 0 Å². The van der Waals surface area contributed by atoms with Gasteiger partial charge in [0.25, 0.3) is 11.7 Å². The number of aliphatic hydroxyl groups excluding tert-OH is 1. The van der Waals surface area contributed by atoms with Crippen LogP contribution in [0.1, 0.15) is 34.0 Å². The van der Waals surface area contributed by atoms with E-state index < -0.39 is 17.7 Å². The molecule has 6 nitrogen and oxygen atoms in total. The minimum Gasteiger partial charge on any atom is -0.507 e. The molecule has 32 heavy (non-hydrogen) atoms. The average molecular weight is 428 g/mol. The minimum absolute atomic E-state index is 0.0341. The van der Waals surface area contributed by atoms with E-state index in [1.165, 1.54) is 4.90 Å². The zero-order chi connectivity index (χ0) is 22.8. The van der Waals surface area contributed by atoms with E-state index in [1.807, 2.05) is 44.2 Å². The SMILES string of the molecule is COc1ccccc1CN1C(=O)C(=O)/C(=C(\O)c2ccc(C)c(C)c2)C1c1ccccn1. The quantitative estimate of drug-likeness (QED) is 0.372. The van der Waals surface area contributed by atoms with Gasteiger partial charge in [0.15, 0.2) is 0 Å². The summed E-state index contributed by atoms with van der Waals surface area (Å²) in [6.45, 7) is 4.04. The van der Waals surface area contributed by atoms with E-state index >= 15 is 0 Å². The number of hydrogen-bond donors (Lipinski definition) is 1. The third kappa shape index (κ3) is 3.75. The number of hydrogen-bond acceptors (Lipinski definition) is 5. The molecule has 0 aliphatic carbocycles. The molecular weight excluding hydrogens is 404 g/mol. The Morgan fingerprint density at radius 1 is 1.03 bits per heavy atom. The lowest BCUT2D eigenvalue weighted by Crippen LogP contribution is -2.29. The van der Waals surface area contributed by atoms with Crippen LogP contribution < -0.4 is 4.74 Å². The van der Waals surface area contributed by atoms with Crippen LogP contribution in [0.2, 0.25) is 0 Å². The second kappa shape index (κ2) is 8.67. The first-order valence-corrected chi connectivity index (χ1v) is 10.3. The maximum Gasteiger partial charge on any atom is 0.296 e. The Bertz CT molecular complexity index is 1220. The first kappa shape index (κ1) is 21.3. The molecule has 1 aliphatic rings. The zero-order valence-corrected chi connectivity index (χ0v) is 18.2. The smallest absolute Gasteiger partial charge is 0.296 e. The maximum atomic E-state index is 13.1. The zero-order valence-electron chi connectivity index (χ0n) is 18.2. The number of para-hydroxylation sites is 1. The molecule has 0 spiro atoms. The van der Waals surface area contributed by atoms with Gasteiger partial charge in [0.05, 0.1) is 24.9 Å². The van der Waals surface area contributed by atoms with E-state index in [-0.39, 0.29) is 17.9 Å². The summed E-state index contributed by atoms with van der Waals surface area (Å²) in [5.41, 5.74) is 3.83. The van der Waals surface area contributed by atoms with Crippen LogP contribution in [0.5, 0.6) is 5.75 Å². The van der Waals surface area contributed by atoms with Crippen LogP contribution in [0.15, 0.2) is 72.4 Å². The molecule has 0 radical (unpaired) electrons. The van der Waals surface area contributed by atoms with Gasteiger partial charge in [0.1, 0.15) is 17.6 Å². The van der Waals surface area contributed by atoms with Crippen molar-refractivity contribution in [3.8, 4) is 5.75 Å². The molecule has 2 heterocycles. The Balaban J connectivity index is 1.87. The Morgan fingerprint density at radius 3 is 2.47 bits per heavy atom. The number of nitrogens with zero attached hydrogens (tertiary/aromatic N) is 2. The summed E-state index contributed by atoms with van der Waals surface area (Å²) in [5, 5.41) is 11.2. The lowest BCUT2D eigenvalue weighted by atomic mass is 9.96. The van der Waals surface area contributed by atoms with Crippen LogP contribution in [0, 0.1) is 13.8 Å². The van der Waals surface area contributed by atoms with Gasteiger partial charge in [-0.05, 0) is 49.2 Å². The second-order valence-corrected chi connectivity index (χ2v) is 7.79. The molecule has 1 atom stereocenters. The Hall–Kier alpha value is -3.93. The van der Waals surface area contributed by atoms with Crippen LogP contribution in [-0.2, 0) is 16.1 Å². The second-order valence-electron chi connectivity index (χ2n) is 7.79. The molecule has 0 bridgehead atoms. The van der Waals surface area contributed by atoms with Crippen molar-refractivity contribution in [1.29, 1.82) is 0 Å². The van der Waals surface area contributed by atoms with Crippen molar-refractivity contribution in [3.05, 3.63) is 100 Å². The Morgan fingerprint density at radius 2 is 1.78 bits per heavy atom. The van der Waals surface area contributed by atoms with Crippen molar-refractivity contribution in [3.63, 3.8) is 0 Å². The molecule has 3 aromatic rings. The van der Waals surface area contributed by atoms with E-state index in [0.29, 0.717) is 17.0 Å². The molecule has 1 unspecified atom stereocenters. The van der Waals surface area contributed by atoms with Gasteiger partial charge in [-0.3, -0.25) is 14.6 Å². The van der Waals surface area contributed by atoms with Crippen molar-refractivity contribution in [1.82, 2.24) is 9.88 Å². The molecule has 1 aliphatic heterocycles. The number of Topliss-reactive ketones (excluding diaryl/α,β-unsaturated/α-hetero) is 1. The number of ketones is 1. The van der Waals surface area contributed by atoms with Gasteiger partial charge in [-0.15, -0.1) is 0 Å². The first-order chi connectivity index (χ1) is 15.4. The fourth-order valence-corrected chi connectivity index (χ4v) is 3.95. The molecule has 162 valence electrons. The number of ether oxygens (including phenoxy) is 1. The van der Waals surface area contributed by atoms with Crippen molar-refractivity contribution in [2.45, 2.75) is 26.4 Å². The Labute approximate surface area is 186 Å². The number of aliphatic hydroxyl groups is 1. The summed E-state index contributed by atoms with van der Waals surface area (Å²) in [5.74, 6) is -1.00. The number of carbonyl (C=O) groups is 2. The standard InChI is InChI=1S/C26H24N2O4/c1-16-11-12-18(14-17(16)2)24(29)22-23(20-9-6-7-13-27-20)28(26(31)25(22)30)15-19-8-4-5-10-21(19)32-3/h4-14,23,29H,15H2,1-3H3/b24-22-. The van der Waals surface area contributed by atoms with Crippen LogP contribution >= 0.6 is 0 Å². The van der Waals surface area contributed by atoms with Gasteiger partial charge >= 0.3 is 0 Å². The third-order valence-electron chi connectivity index (χ3n) is 5.82. The number of aromatic nitrogens is 1. The summed E-state index contributed by atoms with van der Waals surface area (Å²) in [6, 6.07) is 17.3. The highest BCUT2D eigenvalue weighted by atomic mass is 16.5. The summed E-state index contributed by atoms with van der Waals surface area (Å²) < 4.78 is 5.43. The van der Waals surface area contributed by atoms with E-state index in [9.17, 15) is 14.7 Å². The summed E-state index contributed by atoms with van der Waals surface area (Å²) in [7, 11) is 1.56. The third-order valence-corrected chi connectivity index (χ3v) is 5.82. The number of methoxy groups -OCH3 is 1. The van der Waals surface area contributed by atoms with Gasteiger partial charge < -0.3 is 14.7 Å². The summed E-state index contributed by atoms with van der Waals surface area (Å²) in [6.07, 6.45) is 1.61. The fourth-order valence-electron chi connectivity index (χ4n) is 3.95. The lowest BCUT2D eigenvalue weighted by molar-refractivity contribution is -0.140. The van der Waals surface area contributed by atoms with Crippen molar-refractivity contribution in [2.24, 2.45) is 0 Å². The van der Waals surface area contributed by atoms with Crippen LogP contribution in [-0.4, -0.2) is 33.8 Å². The first-order valence-electron chi connectivity index (χ1n) is 10.3. The Kier molecular flexibility index (Phi) is 5.77. The highest BCUT2D eigenvalue weighted by Gasteiger charge is 2.46. The van der Waals surface area contributed by atoms with Gasteiger partial charge in [0, 0.05) is 17.3 Å². The molecular formula is C26H24N2O4. The molecule has 1 amide bonds. The van der Waals surface area contributed by atoms with Crippen molar-refractivity contribution >= 4 is 17.4 Å². The van der Waals surface area contributed by atoms with E-state index in [0.717, 1.165) is 16.7 Å². The lowest BCUT2D eigenvalue weighted by Gasteiger charge is -2.25. The number of pyridine rings is 1. The highest BCUT2D eigenvalue weighted by molar-refractivity contribution is 6.46. The molecule has 1 fully saturated rings. The summed E-state index contributed by atoms with van der Waals surface area (Å²) in [4.78, 5) is 32.1. The molecule has 1 saturated heterocycles. The number of rotatable bonds is 5. The minimum atomic E-state index is -0.817. The highest BCUT2D eigenvalue weighted by Crippen LogP contribution is 2.40. The number of aryl methyl sites for hydroxylation is 2. The van der Waals surface area contributed by atoms with E-state index in [4.69, 9.17) is 4.74 Å². The van der Waals surface area contributed by atoms with Gasteiger partial charge in [-0.25, -0.2) is 0 Å². The van der Waals surface area contributed by atoms with Gasteiger partial charge in [-0.1, -0.05) is 36.4 Å². The van der Waals surface area contributed by atoms with Crippen molar-refractivity contribution in [2.75, 3.05) is 7.11 Å². The molecule has 0 saturated carbocycles. The van der Waals surface area contributed by atoms with Crippen molar-refractivity contribution < 1.29 is 19.4 Å². The summed E-state index contributed by atoms with van der Waals surface area (Å²) >= 11 is 0. The molecule has 4 rings (SSSR count). The number of carbonyl (C=O) groups excluding carboxylic acids is 2. The van der Waals surface area contributed by atoms with E-state index in [1.54, 1.807) is 43.6 Å². The number of likely N-dealkylation sites (tertiary alicyclic amines) is 1. The average Bonchev–Trinajstić information content (AvgIpc) is 3.06. The largest absolute Gasteiger partial charge is 0.507 e. The van der Waals surface area contributed by atoms with Crippen LogP contribution in [0.4, 0.5) is 0 Å². The predicted octanol–water partition coefficient (Wildman–Crippen LogP) is 4.33. The number of amides is 1. The number of benzene rings is 2. The van der Waals surface area contributed by atoms with Crippen LogP contribution in [0.3, 0.4) is 0 Å². The van der Waals surface area contributed by atoms with Crippen LogP contribution in [0.25, 0.3) is 5.76 Å². The van der Waals surface area contributed by atoms with Gasteiger partial charge in [-0.2, -0.15) is 0 Å². The molecule has 1 aromatic heterocycles. The molecule has 2 aromatic carbocycles. The predicted molar refractivity (Wildman–Crippen MR) is 121 cm³/mol. The molecule has 6 heteroatoms. The van der Waals surface area contributed by atoms with E-state index in [2.05, 4.69) is 4.98 Å². The monoisotopic (exact) mass is 428 g/mol. The fraction of sp³-hybridized carbons (Fsp3) is 0.192. The maximum absolute atomic E-state index is 13.1. The topological polar surface area (TPSA) is 79.7 Å².